The van der Waals surface area contributed by atoms with E-state index in [9.17, 15) is 18.0 Å². The molecule has 0 bridgehead atoms. The van der Waals surface area contributed by atoms with Gasteiger partial charge < -0.3 is 0 Å². The molecule has 4 heteroatoms. The predicted octanol–water partition coefficient (Wildman–Crippen LogP) is 4.50. The zero-order chi connectivity index (χ0) is 14.0. The third-order valence-corrected chi connectivity index (χ3v) is 2.74. The highest BCUT2D eigenvalue weighted by Gasteiger charge is 2.31. The first-order valence-corrected chi connectivity index (χ1v) is 5.79. The molecule has 0 spiro atoms. The highest BCUT2D eigenvalue weighted by molar-refractivity contribution is 5.77. The first kappa shape index (κ1) is 14.7. The summed E-state index contributed by atoms with van der Waals surface area (Å²) in [6, 6.07) is 3.27. The van der Waals surface area contributed by atoms with Crippen LogP contribution in [0.15, 0.2) is 18.2 Å². The topological polar surface area (TPSA) is 17.1 Å². The number of carbonyl (C=O) groups excluding carboxylic acids is 1. The van der Waals surface area contributed by atoms with Crippen molar-refractivity contribution in [1.82, 2.24) is 0 Å². The number of alkyl halides is 3. The van der Waals surface area contributed by atoms with E-state index >= 15 is 0 Å². The molecule has 0 amide bonds. The van der Waals surface area contributed by atoms with Crippen LogP contribution in [0.5, 0.6) is 0 Å². The smallest absolute Gasteiger partial charge is 0.298 e. The molecule has 0 unspecified atom stereocenters. The molecule has 1 rings (SSSR count). The van der Waals surface area contributed by atoms with Crippen molar-refractivity contribution in [3.8, 4) is 0 Å². The molecule has 0 radical (unpaired) electrons. The fourth-order valence-electron chi connectivity index (χ4n) is 1.62. The summed E-state index contributed by atoms with van der Waals surface area (Å²) in [6.07, 6.45) is -2.55. The van der Waals surface area contributed by atoms with Gasteiger partial charge in [0.25, 0.3) is 0 Å². The Labute approximate surface area is 105 Å². The second kappa shape index (κ2) is 5.12. The third kappa shape index (κ3) is 4.17. The molecule has 0 atom stereocenters. The Morgan fingerprint density at radius 2 is 1.78 bits per heavy atom. The lowest BCUT2D eigenvalue weighted by molar-refractivity contribution is -0.137. The van der Waals surface area contributed by atoms with Crippen molar-refractivity contribution in [2.45, 2.75) is 39.8 Å². The Hall–Kier alpha value is -1.32. The lowest BCUT2D eigenvalue weighted by atomic mass is 9.87. The summed E-state index contributed by atoms with van der Waals surface area (Å²) in [5, 5.41) is 0. The summed E-state index contributed by atoms with van der Waals surface area (Å²) in [4.78, 5) is 10.8. The van der Waals surface area contributed by atoms with Gasteiger partial charge in [0.05, 0.1) is 5.56 Å². The zero-order valence-corrected chi connectivity index (χ0v) is 10.8. The van der Waals surface area contributed by atoms with Crippen LogP contribution in [0.2, 0.25) is 0 Å². The molecule has 0 saturated heterocycles. The van der Waals surface area contributed by atoms with Gasteiger partial charge in [0.15, 0.2) is 0 Å². The molecule has 0 aliphatic carbocycles. The van der Waals surface area contributed by atoms with Gasteiger partial charge in [-0.2, -0.15) is 13.2 Å². The van der Waals surface area contributed by atoms with Crippen LogP contribution in [0.25, 0.3) is 0 Å². The van der Waals surface area contributed by atoms with Crippen LogP contribution in [-0.2, 0) is 12.6 Å². The minimum Gasteiger partial charge on any atom is -0.298 e. The van der Waals surface area contributed by atoms with Crippen molar-refractivity contribution in [3.63, 3.8) is 0 Å². The molecule has 1 nitrogen and oxygen atoms in total. The van der Waals surface area contributed by atoms with Crippen LogP contribution in [0.3, 0.4) is 0 Å². The second-order valence-electron chi connectivity index (χ2n) is 5.59. The minimum atomic E-state index is -4.36. The monoisotopic (exact) mass is 258 g/mol. The molecule has 1 aromatic rings. The lowest BCUT2D eigenvalue weighted by Gasteiger charge is -2.19. The van der Waals surface area contributed by atoms with Crippen molar-refractivity contribution in [3.05, 3.63) is 34.9 Å². The average Bonchev–Trinajstić information content (AvgIpc) is 2.23. The first-order valence-electron chi connectivity index (χ1n) is 5.79. The van der Waals surface area contributed by atoms with E-state index in [0.717, 1.165) is 18.6 Å². The number of aryl methyl sites for hydroxylation is 1. The number of carbonyl (C=O) groups is 1. The number of hydrogen-bond acceptors (Lipinski definition) is 1. The van der Waals surface area contributed by atoms with Gasteiger partial charge in [0, 0.05) is 5.56 Å². The van der Waals surface area contributed by atoms with Gasteiger partial charge in [0.2, 0.25) is 0 Å². The van der Waals surface area contributed by atoms with E-state index < -0.39 is 11.7 Å². The fraction of sp³-hybridized carbons (Fsp3) is 0.500. The van der Waals surface area contributed by atoms with E-state index in [1.807, 2.05) is 20.8 Å². The zero-order valence-electron chi connectivity index (χ0n) is 10.8. The largest absolute Gasteiger partial charge is 0.416 e. The number of halogens is 3. The number of rotatable bonds is 3. The molecular formula is C14H17F3O. The van der Waals surface area contributed by atoms with Crippen molar-refractivity contribution < 1.29 is 18.0 Å². The maximum Gasteiger partial charge on any atom is 0.416 e. The van der Waals surface area contributed by atoms with E-state index in [0.29, 0.717) is 23.8 Å². The van der Waals surface area contributed by atoms with Gasteiger partial charge in [-0.25, -0.2) is 0 Å². The standard InChI is InChI=1S/C14H17F3O/c1-13(2,3)7-6-10-8-12(14(15,16)17)5-4-11(10)9-18/h4-5,8-9H,6-7H2,1-3H3. The predicted molar refractivity (Wildman–Crippen MR) is 64.6 cm³/mol. The Morgan fingerprint density at radius 3 is 2.22 bits per heavy atom. The SMILES string of the molecule is CC(C)(C)CCc1cc(C(F)(F)F)ccc1C=O. The number of hydrogen-bond donors (Lipinski definition) is 0. The summed E-state index contributed by atoms with van der Waals surface area (Å²) in [7, 11) is 0. The van der Waals surface area contributed by atoms with Gasteiger partial charge in [0.1, 0.15) is 6.29 Å². The van der Waals surface area contributed by atoms with Crippen molar-refractivity contribution in [2.75, 3.05) is 0 Å². The second-order valence-corrected chi connectivity index (χ2v) is 5.59. The lowest BCUT2D eigenvalue weighted by Crippen LogP contribution is -2.10. The Bertz CT molecular complexity index is 428. The minimum absolute atomic E-state index is 0.0222. The Balaban J connectivity index is 3.03. The maximum absolute atomic E-state index is 12.6. The summed E-state index contributed by atoms with van der Waals surface area (Å²) < 4.78 is 37.8. The van der Waals surface area contributed by atoms with Crippen LogP contribution in [0.1, 0.15) is 48.7 Å². The molecule has 1 aromatic carbocycles. The Kier molecular flexibility index (Phi) is 4.20. The molecule has 0 fully saturated rings. The van der Waals surface area contributed by atoms with Crippen LogP contribution >= 0.6 is 0 Å². The quantitative estimate of drug-likeness (QED) is 0.730. The van der Waals surface area contributed by atoms with Gasteiger partial charge in [-0.3, -0.25) is 4.79 Å². The fourth-order valence-corrected chi connectivity index (χ4v) is 1.62. The maximum atomic E-state index is 12.6. The molecule has 100 valence electrons. The molecule has 0 saturated carbocycles. The van der Waals surface area contributed by atoms with E-state index in [1.54, 1.807) is 0 Å². The normalized spacial score (nSPS) is 12.6. The van der Waals surface area contributed by atoms with Crippen molar-refractivity contribution in [2.24, 2.45) is 5.41 Å². The highest BCUT2D eigenvalue weighted by Crippen LogP contribution is 2.31. The van der Waals surface area contributed by atoms with E-state index in [1.165, 1.54) is 6.07 Å². The van der Waals surface area contributed by atoms with E-state index in [4.69, 9.17) is 0 Å². The molecule has 0 aromatic heterocycles. The van der Waals surface area contributed by atoms with Gasteiger partial charge >= 0.3 is 6.18 Å². The Morgan fingerprint density at radius 1 is 1.17 bits per heavy atom. The number of benzene rings is 1. The van der Waals surface area contributed by atoms with Crippen LogP contribution in [0.4, 0.5) is 13.2 Å². The summed E-state index contributed by atoms with van der Waals surface area (Å²) in [5.41, 5.74) is 0.132. The summed E-state index contributed by atoms with van der Waals surface area (Å²) in [6.45, 7) is 6.05. The van der Waals surface area contributed by atoms with Gasteiger partial charge in [-0.1, -0.05) is 26.8 Å². The molecule has 0 heterocycles. The van der Waals surface area contributed by atoms with Crippen molar-refractivity contribution in [1.29, 1.82) is 0 Å². The molecular weight excluding hydrogens is 241 g/mol. The van der Waals surface area contributed by atoms with Crippen LogP contribution < -0.4 is 0 Å². The van der Waals surface area contributed by atoms with Crippen LogP contribution in [-0.4, -0.2) is 6.29 Å². The highest BCUT2D eigenvalue weighted by atomic mass is 19.4. The third-order valence-electron chi connectivity index (χ3n) is 2.74. The number of aldehydes is 1. The van der Waals surface area contributed by atoms with Crippen LogP contribution in [0, 0.1) is 5.41 Å². The van der Waals surface area contributed by atoms with E-state index in [-0.39, 0.29) is 5.41 Å². The molecule has 0 N–H and O–H groups in total. The summed E-state index contributed by atoms with van der Waals surface area (Å²) in [5.74, 6) is 0. The van der Waals surface area contributed by atoms with Gasteiger partial charge in [-0.15, -0.1) is 0 Å². The van der Waals surface area contributed by atoms with E-state index in [2.05, 4.69) is 0 Å². The average molecular weight is 258 g/mol. The molecule has 0 aliphatic rings. The first-order chi connectivity index (χ1) is 8.13. The van der Waals surface area contributed by atoms with Gasteiger partial charge in [-0.05, 0) is 36.0 Å². The molecule has 0 aliphatic heterocycles. The van der Waals surface area contributed by atoms with Crippen molar-refractivity contribution >= 4 is 6.29 Å². The summed E-state index contributed by atoms with van der Waals surface area (Å²) >= 11 is 0. The molecule has 18 heavy (non-hydrogen) atoms.